The van der Waals surface area contributed by atoms with E-state index in [0.29, 0.717) is 0 Å². The number of anilines is 3. The highest BCUT2D eigenvalue weighted by Crippen LogP contribution is 2.43. The van der Waals surface area contributed by atoms with Crippen molar-refractivity contribution in [2.75, 3.05) is 4.90 Å². The first-order valence-corrected chi connectivity index (χ1v) is 19.8. The molecule has 10 aromatic carbocycles. The Morgan fingerprint density at radius 1 is 0.259 bits per heavy atom. The fraction of sp³-hybridized carbons (Fsp3) is 0. The third-order valence-corrected chi connectivity index (χ3v) is 11.4. The van der Waals surface area contributed by atoms with Gasteiger partial charge in [0.1, 0.15) is 11.2 Å². The van der Waals surface area contributed by atoms with Crippen molar-refractivity contribution in [1.29, 1.82) is 0 Å². The Kier molecular flexibility index (Phi) is 8.19. The van der Waals surface area contributed by atoms with Gasteiger partial charge in [0.05, 0.1) is 0 Å². The lowest BCUT2D eigenvalue weighted by molar-refractivity contribution is 0.669. The van der Waals surface area contributed by atoms with E-state index >= 15 is 0 Å². The van der Waals surface area contributed by atoms with Crippen LogP contribution in [0.2, 0.25) is 0 Å². The van der Waals surface area contributed by atoms with Gasteiger partial charge in [-0.2, -0.15) is 0 Å². The van der Waals surface area contributed by atoms with Gasteiger partial charge in [0.2, 0.25) is 0 Å². The van der Waals surface area contributed by atoms with Gasteiger partial charge in [0.25, 0.3) is 0 Å². The molecule has 2 heteroatoms. The molecule has 0 unspecified atom stereocenters. The highest BCUT2D eigenvalue weighted by molar-refractivity contribution is 6.16. The van der Waals surface area contributed by atoms with Crippen LogP contribution in [-0.2, 0) is 0 Å². The zero-order valence-corrected chi connectivity index (χ0v) is 31.7. The molecule has 0 saturated carbocycles. The molecule has 11 rings (SSSR count). The molecule has 0 aliphatic heterocycles. The number of para-hydroxylation sites is 1. The number of hydrogen-bond donors (Lipinski definition) is 0. The summed E-state index contributed by atoms with van der Waals surface area (Å²) in [6.45, 7) is 0. The normalized spacial score (nSPS) is 11.4. The lowest BCUT2D eigenvalue weighted by atomic mass is 9.89. The first kappa shape index (κ1) is 33.6. The molecule has 0 aliphatic rings. The second kappa shape index (κ2) is 14.1. The van der Waals surface area contributed by atoms with Gasteiger partial charge in [0, 0.05) is 27.8 Å². The second-order valence-corrected chi connectivity index (χ2v) is 14.9. The van der Waals surface area contributed by atoms with Gasteiger partial charge < -0.3 is 9.32 Å². The van der Waals surface area contributed by atoms with Crippen LogP contribution in [0.15, 0.2) is 229 Å². The van der Waals surface area contributed by atoms with E-state index in [1.54, 1.807) is 0 Å². The first-order chi connectivity index (χ1) is 28.7. The monoisotopic (exact) mass is 739 g/mol. The molecule has 11 aromatic rings. The van der Waals surface area contributed by atoms with Crippen LogP contribution < -0.4 is 4.90 Å². The van der Waals surface area contributed by atoms with Crippen molar-refractivity contribution in [3.05, 3.63) is 224 Å². The molecule has 0 atom stereocenters. The number of fused-ring (bicyclic) bond motifs is 6. The van der Waals surface area contributed by atoms with Gasteiger partial charge in [-0.05, 0) is 121 Å². The molecule has 0 saturated heterocycles. The minimum atomic E-state index is 0.915. The van der Waals surface area contributed by atoms with Crippen molar-refractivity contribution >= 4 is 60.5 Å². The Morgan fingerprint density at radius 2 is 0.793 bits per heavy atom. The van der Waals surface area contributed by atoms with E-state index in [1.165, 1.54) is 60.5 Å². The van der Waals surface area contributed by atoms with Crippen molar-refractivity contribution in [3.8, 4) is 44.5 Å². The van der Waals surface area contributed by atoms with Crippen LogP contribution in [0.25, 0.3) is 88.0 Å². The lowest BCUT2D eigenvalue weighted by Gasteiger charge is -2.27. The van der Waals surface area contributed by atoms with E-state index in [-0.39, 0.29) is 0 Å². The average Bonchev–Trinajstić information content (AvgIpc) is 3.66. The van der Waals surface area contributed by atoms with Crippen molar-refractivity contribution in [2.45, 2.75) is 0 Å². The van der Waals surface area contributed by atoms with Crippen LogP contribution in [-0.4, -0.2) is 0 Å². The van der Waals surface area contributed by atoms with Crippen LogP contribution in [0, 0.1) is 0 Å². The molecule has 0 spiro atoms. The summed E-state index contributed by atoms with van der Waals surface area (Å²) in [5.41, 5.74) is 14.6. The fourth-order valence-corrected chi connectivity index (χ4v) is 8.68. The summed E-state index contributed by atoms with van der Waals surface area (Å²) in [6, 6.07) is 80.8. The van der Waals surface area contributed by atoms with E-state index in [4.69, 9.17) is 4.42 Å². The van der Waals surface area contributed by atoms with E-state index in [1.807, 2.05) is 12.1 Å². The van der Waals surface area contributed by atoms with Crippen molar-refractivity contribution in [2.24, 2.45) is 0 Å². The Balaban J connectivity index is 1.08. The molecule has 0 fully saturated rings. The summed E-state index contributed by atoms with van der Waals surface area (Å²) >= 11 is 0. The Morgan fingerprint density at radius 3 is 1.52 bits per heavy atom. The van der Waals surface area contributed by atoms with E-state index in [2.05, 4.69) is 217 Å². The number of benzene rings is 10. The van der Waals surface area contributed by atoms with Gasteiger partial charge in [-0.15, -0.1) is 0 Å². The molecular formula is C56H37NO. The molecule has 0 N–H and O–H groups in total. The summed E-state index contributed by atoms with van der Waals surface area (Å²) in [6.07, 6.45) is 0. The van der Waals surface area contributed by atoms with Gasteiger partial charge >= 0.3 is 0 Å². The van der Waals surface area contributed by atoms with Gasteiger partial charge in [-0.25, -0.2) is 0 Å². The van der Waals surface area contributed by atoms with Crippen molar-refractivity contribution in [1.82, 2.24) is 0 Å². The molecule has 0 aliphatic carbocycles. The Hall–Kier alpha value is -7.68. The lowest BCUT2D eigenvalue weighted by Crippen LogP contribution is -2.10. The van der Waals surface area contributed by atoms with Crippen molar-refractivity contribution in [3.63, 3.8) is 0 Å². The maximum absolute atomic E-state index is 6.26. The van der Waals surface area contributed by atoms with Crippen LogP contribution in [0.5, 0.6) is 0 Å². The fourth-order valence-electron chi connectivity index (χ4n) is 8.68. The quantitative estimate of drug-likeness (QED) is 0.151. The predicted molar refractivity (Wildman–Crippen MR) is 245 cm³/mol. The highest BCUT2D eigenvalue weighted by atomic mass is 16.3. The van der Waals surface area contributed by atoms with Crippen LogP contribution in [0.3, 0.4) is 0 Å². The molecule has 272 valence electrons. The minimum absolute atomic E-state index is 0.915. The molecular weight excluding hydrogens is 703 g/mol. The van der Waals surface area contributed by atoms with E-state index in [9.17, 15) is 0 Å². The molecule has 0 amide bonds. The summed E-state index contributed by atoms with van der Waals surface area (Å²) in [4.78, 5) is 2.40. The predicted octanol–water partition coefficient (Wildman–Crippen LogP) is 16.0. The molecule has 0 radical (unpaired) electrons. The van der Waals surface area contributed by atoms with Gasteiger partial charge in [0.15, 0.2) is 0 Å². The zero-order valence-electron chi connectivity index (χ0n) is 31.7. The number of furan rings is 1. The standard InChI is InChI=1S/C56H37NO/c1-3-15-38(16-4-1)40-19-13-21-44(33-40)57(46-31-32-49-42(35-46)29-30-43-36-56-54(37-53(43)49)52-27-11-12-28-55(52)58-56)45-22-14-20-41(34-45)48-24-8-10-26-51(48)50-25-9-7-23-47(50)39-17-5-2-6-18-39/h1-37H. The Bertz CT molecular complexity index is 3290. The zero-order chi connectivity index (χ0) is 38.4. The molecule has 58 heavy (non-hydrogen) atoms. The van der Waals surface area contributed by atoms with Gasteiger partial charge in [-0.3, -0.25) is 0 Å². The smallest absolute Gasteiger partial charge is 0.136 e. The number of hydrogen-bond acceptors (Lipinski definition) is 2. The maximum Gasteiger partial charge on any atom is 0.136 e. The van der Waals surface area contributed by atoms with E-state index < -0.39 is 0 Å². The van der Waals surface area contributed by atoms with Crippen LogP contribution >= 0.6 is 0 Å². The number of rotatable bonds is 7. The largest absolute Gasteiger partial charge is 0.456 e. The second-order valence-electron chi connectivity index (χ2n) is 14.9. The third kappa shape index (κ3) is 5.91. The molecule has 0 bridgehead atoms. The van der Waals surface area contributed by atoms with Gasteiger partial charge in [-0.1, -0.05) is 170 Å². The first-order valence-electron chi connectivity index (χ1n) is 19.8. The third-order valence-electron chi connectivity index (χ3n) is 11.4. The Labute approximate surface area is 337 Å². The van der Waals surface area contributed by atoms with E-state index in [0.717, 1.165) is 44.6 Å². The van der Waals surface area contributed by atoms with Crippen molar-refractivity contribution < 1.29 is 4.42 Å². The number of nitrogens with zero attached hydrogens (tertiary/aromatic N) is 1. The minimum Gasteiger partial charge on any atom is -0.456 e. The summed E-state index contributed by atoms with van der Waals surface area (Å²) in [7, 11) is 0. The van der Waals surface area contributed by atoms with Crippen LogP contribution in [0.1, 0.15) is 0 Å². The maximum atomic E-state index is 6.26. The summed E-state index contributed by atoms with van der Waals surface area (Å²) in [5.74, 6) is 0. The SMILES string of the molecule is c1ccc(-c2cccc(N(c3cccc(-c4ccccc4-c4ccccc4-c4ccccc4)c3)c3ccc4c(ccc5cc6oc7ccccc7c6cc54)c3)c2)cc1. The topological polar surface area (TPSA) is 16.4 Å². The molecule has 1 aromatic heterocycles. The summed E-state index contributed by atoms with van der Waals surface area (Å²) in [5, 5.41) is 7.06. The van der Waals surface area contributed by atoms with Crippen LogP contribution in [0.4, 0.5) is 17.1 Å². The highest BCUT2D eigenvalue weighted by Gasteiger charge is 2.18. The molecule has 1 heterocycles. The summed E-state index contributed by atoms with van der Waals surface area (Å²) < 4.78 is 6.26. The average molecular weight is 740 g/mol. The molecule has 2 nitrogen and oxygen atoms in total.